The van der Waals surface area contributed by atoms with E-state index in [1.807, 2.05) is 0 Å². The molecule has 10 heteroatoms. The fourth-order valence-electron chi connectivity index (χ4n) is 4.82. The zero-order valence-electron chi connectivity index (χ0n) is 29.3. The number of rotatable bonds is 31. The molecule has 6 N–H and O–H groups in total. The fraction of sp³-hybridized carbons (Fsp3) is 0.889. The molecule has 0 aromatic rings. The van der Waals surface area contributed by atoms with Crippen molar-refractivity contribution in [2.75, 3.05) is 0 Å². The van der Waals surface area contributed by atoms with Gasteiger partial charge >= 0.3 is 23.9 Å². The number of carboxylic acids is 4. The summed E-state index contributed by atoms with van der Waals surface area (Å²) in [6, 6.07) is 0. The van der Waals surface area contributed by atoms with E-state index in [-0.39, 0.29) is 19.3 Å². The standard InChI is InChI=1S/C18H36O4.C9H16O4.C9H18O2/c1-2-3-4-5-7-10-13-16(19)17(20)14-11-8-6-9-12-15-18(21)22;10-8(11)6-4-2-1-3-5-7-9(12)13;1-2-3-4-5-6-7-8-9(10)11/h16-17,19-20H,2-15H2,1H3,(H,21,22);1-7H2,(H,10,11)(H,12,13);2-8H2,1H3,(H,10,11). The molecule has 0 bridgehead atoms. The number of hydrogen-bond acceptors (Lipinski definition) is 6. The average Bonchev–Trinajstić information content (AvgIpc) is 2.99. The van der Waals surface area contributed by atoms with Crippen molar-refractivity contribution >= 4 is 23.9 Å². The molecule has 46 heavy (non-hydrogen) atoms. The monoisotopic (exact) mass is 662 g/mol. The minimum Gasteiger partial charge on any atom is -0.481 e. The summed E-state index contributed by atoms with van der Waals surface area (Å²) in [5.74, 6) is -2.91. The highest BCUT2D eigenvalue weighted by atomic mass is 16.4. The number of aliphatic hydroxyl groups is 2. The van der Waals surface area contributed by atoms with Gasteiger partial charge < -0.3 is 30.6 Å². The Bertz CT molecular complexity index is 680. The summed E-state index contributed by atoms with van der Waals surface area (Å²) in [6.07, 6.45) is 24.0. The van der Waals surface area contributed by atoms with Gasteiger partial charge in [0, 0.05) is 25.7 Å². The van der Waals surface area contributed by atoms with Crippen LogP contribution in [0.5, 0.6) is 0 Å². The molecule has 0 aliphatic carbocycles. The molecule has 0 heterocycles. The molecule has 0 aromatic carbocycles. The summed E-state index contributed by atoms with van der Waals surface area (Å²) in [6.45, 7) is 4.38. The molecular formula is C36H70O10. The first-order chi connectivity index (χ1) is 22.0. The molecule has 0 saturated carbocycles. The molecule has 0 spiro atoms. The SMILES string of the molecule is CCCCCCCCC(=O)O.CCCCCCCCC(O)C(O)CCCCCCCC(=O)O.O=C(O)CCCCCCCC(=O)O. The Hall–Kier alpha value is -2.20. The van der Waals surface area contributed by atoms with Gasteiger partial charge in [0.05, 0.1) is 12.2 Å². The molecule has 10 nitrogen and oxygen atoms in total. The third-order valence-electron chi connectivity index (χ3n) is 7.71. The van der Waals surface area contributed by atoms with Crippen LogP contribution < -0.4 is 0 Å². The van der Waals surface area contributed by atoms with Crippen molar-refractivity contribution < 1.29 is 49.8 Å². The molecule has 0 aliphatic rings. The first-order valence-corrected chi connectivity index (χ1v) is 18.2. The van der Waals surface area contributed by atoms with Crippen molar-refractivity contribution in [3.63, 3.8) is 0 Å². The van der Waals surface area contributed by atoms with Crippen LogP contribution in [0, 0.1) is 0 Å². The van der Waals surface area contributed by atoms with Crippen LogP contribution >= 0.6 is 0 Å². The molecule has 2 unspecified atom stereocenters. The van der Waals surface area contributed by atoms with E-state index < -0.39 is 36.1 Å². The van der Waals surface area contributed by atoms with Gasteiger partial charge in [-0.15, -0.1) is 0 Å². The Kier molecular flexibility index (Phi) is 40.8. The lowest BCUT2D eigenvalue weighted by molar-refractivity contribution is -0.138. The number of carbonyl (C=O) groups is 4. The normalized spacial score (nSPS) is 11.8. The van der Waals surface area contributed by atoms with Crippen LogP contribution in [-0.4, -0.2) is 66.7 Å². The van der Waals surface area contributed by atoms with Gasteiger partial charge in [0.1, 0.15) is 0 Å². The van der Waals surface area contributed by atoms with Gasteiger partial charge in [-0.05, 0) is 38.5 Å². The minimum atomic E-state index is -0.759. The van der Waals surface area contributed by atoms with E-state index in [2.05, 4.69) is 13.8 Å². The Labute approximate surface area is 279 Å². The lowest BCUT2D eigenvalue weighted by Gasteiger charge is -2.17. The third-order valence-corrected chi connectivity index (χ3v) is 7.71. The second kappa shape index (κ2) is 39.0. The highest BCUT2D eigenvalue weighted by Crippen LogP contribution is 2.15. The molecule has 0 fully saturated rings. The topological polar surface area (TPSA) is 190 Å². The second-order valence-corrected chi connectivity index (χ2v) is 12.4. The number of carboxylic acid groups (broad SMARTS) is 4. The van der Waals surface area contributed by atoms with E-state index in [1.54, 1.807) is 0 Å². The maximum absolute atomic E-state index is 10.4. The van der Waals surface area contributed by atoms with Crippen LogP contribution in [-0.2, 0) is 19.2 Å². The average molecular weight is 663 g/mol. The van der Waals surface area contributed by atoms with Crippen LogP contribution in [0.4, 0.5) is 0 Å². The lowest BCUT2D eigenvalue weighted by atomic mass is 9.99. The fourth-order valence-corrected chi connectivity index (χ4v) is 4.82. The van der Waals surface area contributed by atoms with E-state index >= 15 is 0 Å². The molecule has 0 amide bonds. The van der Waals surface area contributed by atoms with Crippen molar-refractivity contribution in [3.05, 3.63) is 0 Å². The number of unbranched alkanes of at least 4 members (excludes halogenated alkanes) is 18. The predicted molar refractivity (Wildman–Crippen MR) is 183 cm³/mol. The molecule has 0 saturated heterocycles. The summed E-state index contributed by atoms with van der Waals surface area (Å²) in [4.78, 5) is 40.6. The van der Waals surface area contributed by atoms with Crippen molar-refractivity contribution in [2.24, 2.45) is 0 Å². The lowest BCUT2D eigenvalue weighted by Crippen LogP contribution is -2.25. The highest BCUT2D eigenvalue weighted by Gasteiger charge is 2.15. The minimum absolute atomic E-state index is 0.221. The van der Waals surface area contributed by atoms with Crippen molar-refractivity contribution in [2.45, 2.75) is 206 Å². The number of hydrogen-bond donors (Lipinski definition) is 6. The van der Waals surface area contributed by atoms with Crippen molar-refractivity contribution in [1.29, 1.82) is 0 Å². The Morgan fingerprint density at radius 2 is 0.543 bits per heavy atom. The zero-order chi connectivity index (χ0) is 35.3. The molecular weight excluding hydrogens is 592 g/mol. The van der Waals surface area contributed by atoms with Gasteiger partial charge in [0.25, 0.3) is 0 Å². The summed E-state index contributed by atoms with van der Waals surface area (Å²) < 4.78 is 0. The van der Waals surface area contributed by atoms with Crippen molar-refractivity contribution in [1.82, 2.24) is 0 Å². The molecule has 0 aromatic heterocycles. The third kappa shape index (κ3) is 48.7. The smallest absolute Gasteiger partial charge is 0.303 e. The van der Waals surface area contributed by atoms with E-state index in [0.29, 0.717) is 32.1 Å². The second-order valence-electron chi connectivity index (χ2n) is 12.4. The van der Waals surface area contributed by atoms with Crippen LogP contribution in [0.2, 0.25) is 0 Å². The molecule has 0 radical (unpaired) electrons. The molecule has 2 atom stereocenters. The summed E-state index contributed by atoms with van der Waals surface area (Å²) in [7, 11) is 0. The van der Waals surface area contributed by atoms with Gasteiger partial charge in [-0.3, -0.25) is 19.2 Å². The predicted octanol–water partition coefficient (Wildman–Crippen LogP) is 8.98. The quantitative estimate of drug-likeness (QED) is 0.0391. The largest absolute Gasteiger partial charge is 0.481 e. The van der Waals surface area contributed by atoms with E-state index in [0.717, 1.165) is 77.0 Å². The molecule has 0 rings (SSSR count). The number of aliphatic carboxylic acids is 4. The van der Waals surface area contributed by atoms with Crippen LogP contribution in [0.15, 0.2) is 0 Å². The van der Waals surface area contributed by atoms with Crippen molar-refractivity contribution in [3.8, 4) is 0 Å². The van der Waals surface area contributed by atoms with Gasteiger partial charge in [-0.1, -0.05) is 129 Å². The van der Waals surface area contributed by atoms with Gasteiger partial charge in [0.2, 0.25) is 0 Å². The summed E-state index contributed by atoms with van der Waals surface area (Å²) in [5.41, 5.74) is 0. The maximum atomic E-state index is 10.4. The Balaban J connectivity index is -0.000000655. The van der Waals surface area contributed by atoms with E-state index in [1.165, 1.54) is 51.4 Å². The van der Waals surface area contributed by atoms with Crippen LogP contribution in [0.1, 0.15) is 194 Å². The Morgan fingerprint density at radius 3 is 0.761 bits per heavy atom. The summed E-state index contributed by atoms with van der Waals surface area (Å²) >= 11 is 0. The Morgan fingerprint density at radius 1 is 0.348 bits per heavy atom. The first-order valence-electron chi connectivity index (χ1n) is 18.2. The molecule has 0 aliphatic heterocycles. The summed E-state index contributed by atoms with van der Waals surface area (Å²) in [5, 5.41) is 53.3. The zero-order valence-corrected chi connectivity index (χ0v) is 29.3. The van der Waals surface area contributed by atoms with Gasteiger partial charge in [-0.2, -0.15) is 0 Å². The van der Waals surface area contributed by atoms with Crippen LogP contribution in [0.3, 0.4) is 0 Å². The van der Waals surface area contributed by atoms with Gasteiger partial charge in [-0.25, -0.2) is 0 Å². The maximum Gasteiger partial charge on any atom is 0.303 e. The van der Waals surface area contributed by atoms with E-state index in [4.69, 9.17) is 20.4 Å². The molecule has 274 valence electrons. The first kappa shape index (κ1) is 48.2. The van der Waals surface area contributed by atoms with Crippen LogP contribution in [0.25, 0.3) is 0 Å². The van der Waals surface area contributed by atoms with Gasteiger partial charge in [0.15, 0.2) is 0 Å². The number of aliphatic hydroxyl groups excluding tert-OH is 2. The highest BCUT2D eigenvalue weighted by molar-refractivity contribution is 5.67. The van der Waals surface area contributed by atoms with E-state index in [9.17, 15) is 29.4 Å².